The molecule has 160 valence electrons. The number of alkyl halides is 4. The van der Waals surface area contributed by atoms with Gasteiger partial charge in [0.25, 0.3) is 6.43 Å². The zero-order valence-electron chi connectivity index (χ0n) is 14.6. The van der Waals surface area contributed by atoms with Crippen LogP contribution >= 0.6 is 0 Å². The first kappa shape index (κ1) is 22.6. The van der Waals surface area contributed by atoms with Crippen LogP contribution in [0.3, 0.4) is 0 Å². The highest BCUT2D eigenvalue weighted by molar-refractivity contribution is 6.03. The highest BCUT2D eigenvalue weighted by atomic mass is 19.3. The molecule has 12 heteroatoms. The average molecular weight is 432 g/mol. The van der Waals surface area contributed by atoms with Gasteiger partial charge in [0, 0.05) is 0 Å². The van der Waals surface area contributed by atoms with Gasteiger partial charge in [-0.15, -0.1) is 0 Å². The van der Waals surface area contributed by atoms with Crippen molar-refractivity contribution >= 4 is 23.9 Å². The maximum absolute atomic E-state index is 14.2. The molecule has 2 atom stereocenters. The van der Waals surface area contributed by atoms with Gasteiger partial charge in [-0.25, -0.2) is 36.7 Å². The maximum Gasteiger partial charge on any atom is 0.336 e. The van der Waals surface area contributed by atoms with Crippen LogP contribution in [0.2, 0.25) is 0 Å². The van der Waals surface area contributed by atoms with Gasteiger partial charge in [0.05, 0.1) is 33.6 Å². The first-order chi connectivity index (χ1) is 13.9. The minimum atomic E-state index is -3.79. The number of carboxylic acid groups (broad SMARTS) is 4. The van der Waals surface area contributed by atoms with Gasteiger partial charge in [0.15, 0.2) is 0 Å². The van der Waals surface area contributed by atoms with E-state index in [0.29, 0.717) is 30.4 Å². The Morgan fingerprint density at radius 3 is 1.80 bits per heavy atom. The third-order valence-electron chi connectivity index (χ3n) is 4.70. The van der Waals surface area contributed by atoms with Crippen molar-refractivity contribution in [2.75, 3.05) is 0 Å². The zero-order chi connectivity index (χ0) is 23.0. The Bertz CT molecular complexity index is 998. The monoisotopic (exact) mass is 432 g/mol. The molecule has 0 saturated heterocycles. The van der Waals surface area contributed by atoms with Crippen LogP contribution < -0.4 is 0 Å². The van der Waals surface area contributed by atoms with E-state index in [0.717, 1.165) is 0 Å². The van der Waals surface area contributed by atoms with Crippen LogP contribution in [-0.2, 0) is 15.0 Å². The molecule has 0 aliphatic heterocycles. The second kappa shape index (κ2) is 7.97. The summed E-state index contributed by atoms with van der Waals surface area (Å²) in [5, 5.41) is 36.6. The molecule has 0 fully saturated rings. The van der Waals surface area contributed by atoms with Crippen molar-refractivity contribution in [2.24, 2.45) is 5.92 Å². The lowest BCUT2D eigenvalue weighted by atomic mass is 9.63. The summed E-state index contributed by atoms with van der Waals surface area (Å²) in [7, 11) is 0. The molecule has 0 spiro atoms. The van der Waals surface area contributed by atoms with Crippen molar-refractivity contribution in [3.8, 4) is 0 Å². The van der Waals surface area contributed by atoms with E-state index >= 15 is 0 Å². The normalized spacial score (nSPS) is 21.2. The number of hydrogen-bond acceptors (Lipinski definition) is 4. The first-order valence-electron chi connectivity index (χ1n) is 7.93. The van der Waals surface area contributed by atoms with Crippen molar-refractivity contribution < 1.29 is 57.2 Å². The summed E-state index contributed by atoms with van der Waals surface area (Å²) < 4.78 is 56.2. The van der Waals surface area contributed by atoms with Crippen LogP contribution in [0.4, 0.5) is 17.6 Å². The summed E-state index contributed by atoms with van der Waals surface area (Å²) >= 11 is 0. The lowest BCUT2D eigenvalue weighted by Gasteiger charge is -2.40. The van der Waals surface area contributed by atoms with Crippen molar-refractivity contribution in [3.05, 3.63) is 58.2 Å². The van der Waals surface area contributed by atoms with Crippen molar-refractivity contribution in [2.45, 2.75) is 18.3 Å². The zero-order valence-corrected chi connectivity index (χ0v) is 14.6. The maximum atomic E-state index is 14.2. The largest absolute Gasteiger partial charge is 0.478 e. The minimum absolute atomic E-state index is 0.381. The summed E-state index contributed by atoms with van der Waals surface area (Å²) in [5.74, 6) is -10.6. The van der Waals surface area contributed by atoms with E-state index in [1.54, 1.807) is 0 Å². The first-order valence-corrected chi connectivity index (χ1v) is 7.93. The van der Waals surface area contributed by atoms with E-state index < -0.39 is 75.9 Å². The number of carboxylic acids is 4. The summed E-state index contributed by atoms with van der Waals surface area (Å²) in [5.41, 5.74) is -8.38. The molecule has 1 aliphatic carbocycles. The van der Waals surface area contributed by atoms with Gasteiger partial charge < -0.3 is 20.4 Å². The predicted molar refractivity (Wildman–Crippen MR) is 89.0 cm³/mol. The van der Waals surface area contributed by atoms with E-state index in [1.807, 2.05) is 0 Å². The fraction of sp³-hybridized carbons (Fsp3) is 0.222. The van der Waals surface area contributed by atoms with Gasteiger partial charge in [-0.3, -0.25) is 0 Å². The van der Waals surface area contributed by atoms with Gasteiger partial charge in [0.2, 0.25) is 6.43 Å². The second-order valence-electron chi connectivity index (χ2n) is 6.19. The summed E-state index contributed by atoms with van der Waals surface area (Å²) in [4.78, 5) is 45.3. The standard InChI is InChI=1S/C18H12F4O8/c19-12(20)11-10(16(29)30)8(14(25)26)3-4-18(11,17(21)22)6-1-2-7(13(23)24)9(5-6)15(27)28/h1-5,11-12,17H,(H,23,24)(H,25,26)(H,27,28)(H,29,30). The summed E-state index contributed by atoms with van der Waals surface area (Å²) in [6.07, 6.45) is -6.72. The Morgan fingerprint density at radius 2 is 1.40 bits per heavy atom. The summed E-state index contributed by atoms with van der Waals surface area (Å²) in [6, 6.07) is 1.70. The SMILES string of the molecule is O=C(O)C1=C(C(=O)O)C(C(F)F)C(c2ccc(C(=O)O)c(C(=O)O)c2)(C(F)F)C=C1. The van der Waals surface area contributed by atoms with Crippen LogP contribution in [0.15, 0.2) is 41.5 Å². The van der Waals surface area contributed by atoms with Crippen LogP contribution in [0.1, 0.15) is 26.3 Å². The van der Waals surface area contributed by atoms with E-state index in [-0.39, 0.29) is 0 Å². The number of aromatic carboxylic acids is 2. The number of benzene rings is 1. The lowest BCUT2D eigenvalue weighted by molar-refractivity contribution is -0.138. The molecule has 0 saturated carbocycles. The van der Waals surface area contributed by atoms with E-state index in [4.69, 9.17) is 10.2 Å². The molecule has 1 aromatic carbocycles. The van der Waals surface area contributed by atoms with Gasteiger partial charge in [0.1, 0.15) is 0 Å². The number of halogens is 4. The number of carbonyl (C=O) groups is 4. The molecule has 30 heavy (non-hydrogen) atoms. The predicted octanol–water partition coefficient (Wildman–Crippen LogP) is 2.50. The molecule has 0 heterocycles. The van der Waals surface area contributed by atoms with Gasteiger partial charge in [-0.2, -0.15) is 0 Å². The van der Waals surface area contributed by atoms with Crippen LogP contribution in [0.25, 0.3) is 0 Å². The second-order valence-corrected chi connectivity index (χ2v) is 6.19. The molecule has 2 unspecified atom stereocenters. The Kier molecular flexibility index (Phi) is 6.00. The number of aliphatic carboxylic acids is 2. The molecule has 1 aliphatic rings. The molecule has 0 radical (unpaired) electrons. The van der Waals surface area contributed by atoms with E-state index in [9.17, 15) is 47.0 Å². The lowest BCUT2D eigenvalue weighted by Crippen LogP contribution is -2.48. The van der Waals surface area contributed by atoms with E-state index in [2.05, 4.69) is 0 Å². The average Bonchev–Trinajstić information content (AvgIpc) is 2.65. The molecule has 1 aromatic rings. The summed E-state index contributed by atoms with van der Waals surface area (Å²) in [6.45, 7) is 0. The third kappa shape index (κ3) is 3.51. The third-order valence-corrected chi connectivity index (χ3v) is 4.70. The number of rotatable bonds is 7. The molecule has 0 bridgehead atoms. The smallest absolute Gasteiger partial charge is 0.336 e. The van der Waals surface area contributed by atoms with Crippen LogP contribution in [0.5, 0.6) is 0 Å². The van der Waals surface area contributed by atoms with Crippen LogP contribution in [0, 0.1) is 5.92 Å². The molecule has 4 N–H and O–H groups in total. The highest BCUT2D eigenvalue weighted by Crippen LogP contribution is 2.49. The molecule has 2 rings (SSSR count). The van der Waals surface area contributed by atoms with E-state index in [1.165, 1.54) is 0 Å². The number of allylic oxidation sites excluding steroid dienone is 1. The van der Waals surface area contributed by atoms with Crippen molar-refractivity contribution in [3.63, 3.8) is 0 Å². The molecule has 0 amide bonds. The Balaban J connectivity index is 2.92. The molecule has 0 aromatic heterocycles. The topological polar surface area (TPSA) is 149 Å². The van der Waals surface area contributed by atoms with Crippen LogP contribution in [-0.4, -0.2) is 57.2 Å². The fourth-order valence-electron chi connectivity index (χ4n) is 3.38. The van der Waals surface area contributed by atoms with Crippen molar-refractivity contribution in [1.29, 1.82) is 0 Å². The highest BCUT2D eigenvalue weighted by Gasteiger charge is 2.56. The minimum Gasteiger partial charge on any atom is -0.478 e. The Hall–Kier alpha value is -3.70. The fourth-order valence-corrected chi connectivity index (χ4v) is 3.38. The number of hydrogen-bond donors (Lipinski definition) is 4. The molecular weight excluding hydrogens is 420 g/mol. The quantitative estimate of drug-likeness (QED) is 0.480. The van der Waals surface area contributed by atoms with Gasteiger partial charge >= 0.3 is 23.9 Å². The van der Waals surface area contributed by atoms with Gasteiger partial charge in [-0.1, -0.05) is 18.2 Å². The molecular formula is C18H12F4O8. The molecule has 8 nitrogen and oxygen atoms in total. The van der Waals surface area contributed by atoms with Crippen molar-refractivity contribution in [1.82, 2.24) is 0 Å². The Labute approximate surface area is 164 Å². The van der Waals surface area contributed by atoms with Gasteiger partial charge in [-0.05, 0) is 17.7 Å². The Morgan fingerprint density at radius 1 is 0.833 bits per heavy atom.